The summed E-state index contributed by atoms with van der Waals surface area (Å²) in [6, 6.07) is 47.3. The Morgan fingerprint density at radius 2 is 0.979 bits per heavy atom. The van der Waals surface area contributed by atoms with Gasteiger partial charge in [0.15, 0.2) is 0 Å². The first-order chi connectivity index (χ1) is 23.6. The summed E-state index contributed by atoms with van der Waals surface area (Å²) in [5, 5.41) is 0. The molecule has 1 aliphatic heterocycles. The van der Waals surface area contributed by atoms with E-state index in [1.54, 1.807) is 24.3 Å². The van der Waals surface area contributed by atoms with Gasteiger partial charge in [-0.3, -0.25) is 4.90 Å². The van der Waals surface area contributed by atoms with Gasteiger partial charge >= 0.3 is 11.9 Å². The van der Waals surface area contributed by atoms with Crippen LogP contribution in [0.4, 0.5) is 0 Å². The van der Waals surface area contributed by atoms with E-state index in [9.17, 15) is 9.59 Å². The van der Waals surface area contributed by atoms with Crippen molar-refractivity contribution in [3.05, 3.63) is 179 Å². The van der Waals surface area contributed by atoms with Crippen molar-refractivity contribution >= 4 is 11.9 Å². The third-order valence-electron chi connectivity index (χ3n) is 8.41. The van der Waals surface area contributed by atoms with Crippen LogP contribution < -0.4 is 0 Å². The highest BCUT2D eigenvalue weighted by Gasteiger charge is 2.47. The van der Waals surface area contributed by atoms with Crippen molar-refractivity contribution in [2.75, 3.05) is 13.2 Å². The van der Waals surface area contributed by atoms with E-state index in [0.29, 0.717) is 30.8 Å². The zero-order chi connectivity index (χ0) is 33.0. The summed E-state index contributed by atoms with van der Waals surface area (Å²) in [7, 11) is 0. The molecule has 0 aromatic heterocycles. The predicted molar refractivity (Wildman–Crippen MR) is 183 cm³/mol. The van der Waals surface area contributed by atoms with Crippen LogP contribution >= 0.6 is 0 Å². The minimum Gasteiger partial charge on any atom is -0.460 e. The number of nitrogens with zero attached hydrogens (tertiary/aromatic N) is 1. The predicted octanol–water partition coefficient (Wildman–Crippen LogP) is 7.12. The first-order valence-electron chi connectivity index (χ1n) is 16.2. The Bertz CT molecular complexity index is 1700. The van der Waals surface area contributed by atoms with E-state index in [2.05, 4.69) is 17.0 Å². The van der Waals surface area contributed by atoms with Gasteiger partial charge in [-0.1, -0.05) is 127 Å². The van der Waals surface area contributed by atoms with Crippen LogP contribution in [0.3, 0.4) is 0 Å². The number of esters is 2. The van der Waals surface area contributed by atoms with E-state index in [0.717, 1.165) is 16.7 Å². The Morgan fingerprint density at radius 3 is 1.50 bits per heavy atom. The van der Waals surface area contributed by atoms with Crippen LogP contribution in [0.25, 0.3) is 0 Å². The molecule has 48 heavy (non-hydrogen) atoms. The maximum absolute atomic E-state index is 13.5. The molecular formula is C41H39NO6. The molecule has 1 heterocycles. The molecule has 0 aliphatic carbocycles. The number of likely N-dealkylation sites (tertiary alicyclic amines) is 1. The van der Waals surface area contributed by atoms with E-state index in [-0.39, 0.29) is 13.2 Å². The quantitative estimate of drug-likeness (QED) is 0.127. The number of hydrogen-bond donors (Lipinski definition) is 0. The van der Waals surface area contributed by atoms with Gasteiger partial charge in [-0.25, -0.2) is 9.59 Å². The van der Waals surface area contributed by atoms with Crippen molar-refractivity contribution in [3.8, 4) is 0 Å². The summed E-state index contributed by atoms with van der Waals surface area (Å²) >= 11 is 0. The lowest BCUT2D eigenvalue weighted by atomic mass is 9.92. The summed E-state index contributed by atoms with van der Waals surface area (Å²) in [6.07, 6.45) is -2.00. The first-order valence-corrected chi connectivity index (χ1v) is 16.2. The van der Waals surface area contributed by atoms with Gasteiger partial charge in [0.2, 0.25) is 0 Å². The highest BCUT2D eigenvalue weighted by Crippen LogP contribution is 2.30. The summed E-state index contributed by atoms with van der Waals surface area (Å²) in [5.74, 6) is -0.860. The molecule has 244 valence electrons. The normalized spacial score (nSPS) is 19.3. The highest BCUT2D eigenvalue weighted by atomic mass is 16.6. The molecule has 1 aliphatic rings. The standard InChI is InChI=1S/C41H39NO6/c43-40(34-22-12-4-13-23-34)47-30-36-38(45-28-32-18-8-2-9-19-32)39(46-29-33-20-10-3-11-21-33)37(48-41(44)35-24-14-5-15-25-35)27-42(36)26-31-16-6-1-7-17-31/h1-25,36-39H,26-30H2/t36-,37-,38+,39+/m0/s1. The molecule has 6 rings (SSSR count). The topological polar surface area (TPSA) is 74.3 Å². The van der Waals surface area contributed by atoms with Crippen molar-refractivity contribution in [1.29, 1.82) is 0 Å². The van der Waals surface area contributed by atoms with Crippen molar-refractivity contribution < 1.29 is 28.5 Å². The summed E-state index contributed by atoms with van der Waals surface area (Å²) in [5.41, 5.74) is 3.95. The molecule has 5 aromatic carbocycles. The molecule has 0 spiro atoms. The molecular weight excluding hydrogens is 602 g/mol. The molecule has 7 nitrogen and oxygen atoms in total. The number of hydrogen-bond acceptors (Lipinski definition) is 7. The maximum Gasteiger partial charge on any atom is 0.338 e. The second-order valence-electron chi connectivity index (χ2n) is 11.8. The number of benzene rings is 5. The lowest BCUT2D eigenvalue weighted by Crippen LogP contribution is -2.64. The zero-order valence-corrected chi connectivity index (χ0v) is 26.7. The van der Waals surface area contributed by atoms with E-state index in [1.165, 1.54) is 0 Å². The first kappa shape index (κ1) is 32.8. The fourth-order valence-corrected chi connectivity index (χ4v) is 5.95. The molecule has 0 unspecified atom stereocenters. The monoisotopic (exact) mass is 641 g/mol. The van der Waals surface area contributed by atoms with Gasteiger partial charge < -0.3 is 18.9 Å². The van der Waals surface area contributed by atoms with Crippen LogP contribution in [0.5, 0.6) is 0 Å². The Kier molecular flexibility index (Phi) is 11.4. The fraction of sp³-hybridized carbons (Fsp3) is 0.220. The number of rotatable bonds is 13. The van der Waals surface area contributed by atoms with Gasteiger partial charge in [-0.15, -0.1) is 0 Å². The lowest BCUT2D eigenvalue weighted by molar-refractivity contribution is -0.195. The van der Waals surface area contributed by atoms with Crippen molar-refractivity contribution in [2.45, 2.75) is 44.1 Å². The van der Waals surface area contributed by atoms with Gasteiger partial charge in [0.05, 0.1) is 30.4 Å². The fourth-order valence-electron chi connectivity index (χ4n) is 5.95. The average Bonchev–Trinajstić information content (AvgIpc) is 3.15. The van der Waals surface area contributed by atoms with E-state index in [1.807, 2.05) is 115 Å². The second kappa shape index (κ2) is 16.7. The van der Waals surface area contributed by atoms with Gasteiger partial charge in [0, 0.05) is 13.1 Å². The van der Waals surface area contributed by atoms with Crippen LogP contribution in [0.15, 0.2) is 152 Å². The zero-order valence-electron chi connectivity index (χ0n) is 26.7. The summed E-state index contributed by atoms with van der Waals surface area (Å²) in [6.45, 7) is 1.48. The molecule has 0 saturated carbocycles. The van der Waals surface area contributed by atoms with E-state index < -0.39 is 36.3 Å². The van der Waals surface area contributed by atoms with Gasteiger partial charge in [-0.05, 0) is 41.0 Å². The number of ether oxygens (including phenoxy) is 4. The summed E-state index contributed by atoms with van der Waals surface area (Å²) in [4.78, 5) is 28.9. The third kappa shape index (κ3) is 8.83. The molecule has 4 atom stereocenters. The highest BCUT2D eigenvalue weighted by molar-refractivity contribution is 5.89. The van der Waals surface area contributed by atoms with Gasteiger partial charge in [-0.2, -0.15) is 0 Å². The maximum atomic E-state index is 13.5. The molecule has 0 bridgehead atoms. The minimum atomic E-state index is -0.688. The van der Waals surface area contributed by atoms with Gasteiger partial charge in [0.1, 0.15) is 24.9 Å². The summed E-state index contributed by atoms with van der Waals surface area (Å²) < 4.78 is 25.7. The Morgan fingerprint density at radius 1 is 0.542 bits per heavy atom. The molecule has 0 N–H and O–H groups in total. The number of carbonyl (C=O) groups excluding carboxylic acids is 2. The van der Waals surface area contributed by atoms with Crippen LogP contribution in [-0.4, -0.2) is 54.3 Å². The molecule has 0 radical (unpaired) electrons. The van der Waals surface area contributed by atoms with Crippen LogP contribution in [0, 0.1) is 0 Å². The number of piperidine rings is 1. The third-order valence-corrected chi connectivity index (χ3v) is 8.41. The second-order valence-corrected chi connectivity index (χ2v) is 11.8. The Labute approximate surface area is 281 Å². The Hall–Kier alpha value is -5.08. The number of carbonyl (C=O) groups is 2. The van der Waals surface area contributed by atoms with E-state index >= 15 is 0 Å². The van der Waals surface area contributed by atoms with Crippen molar-refractivity contribution in [3.63, 3.8) is 0 Å². The molecule has 5 aromatic rings. The van der Waals surface area contributed by atoms with Crippen LogP contribution in [0.1, 0.15) is 37.4 Å². The molecule has 0 amide bonds. The average molecular weight is 642 g/mol. The van der Waals surface area contributed by atoms with E-state index in [4.69, 9.17) is 18.9 Å². The van der Waals surface area contributed by atoms with Crippen molar-refractivity contribution in [2.24, 2.45) is 0 Å². The molecule has 1 saturated heterocycles. The molecule has 7 heteroatoms. The van der Waals surface area contributed by atoms with Crippen molar-refractivity contribution in [1.82, 2.24) is 4.90 Å². The lowest BCUT2D eigenvalue weighted by Gasteiger charge is -2.48. The molecule has 1 fully saturated rings. The SMILES string of the molecule is O=C(OC[C@H]1[C@@H](OCc2ccccc2)[C@H](OCc2ccccc2)[C@@H](OC(=O)c2ccccc2)CN1Cc1ccccc1)c1ccccc1. The largest absolute Gasteiger partial charge is 0.460 e. The smallest absolute Gasteiger partial charge is 0.338 e. The van der Waals surface area contributed by atoms with Crippen LogP contribution in [-0.2, 0) is 38.7 Å². The van der Waals surface area contributed by atoms with Crippen LogP contribution in [0.2, 0.25) is 0 Å². The van der Waals surface area contributed by atoms with Gasteiger partial charge in [0.25, 0.3) is 0 Å². The minimum absolute atomic E-state index is 0.0462. The Balaban J connectivity index is 1.35.